The average Bonchev–Trinajstić information content (AvgIpc) is 3.28. The minimum absolute atomic E-state index is 0.0518. The van der Waals surface area contributed by atoms with Gasteiger partial charge in [0.1, 0.15) is 6.26 Å². The van der Waals surface area contributed by atoms with E-state index in [1.165, 1.54) is 17.4 Å². The number of hydrogen-bond acceptors (Lipinski definition) is 4. The van der Waals surface area contributed by atoms with Gasteiger partial charge in [-0.1, -0.05) is 30.3 Å². The Labute approximate surface area is 159 Å². The van der Waals surface area contributed by atoms with Crippen molar-refractivity contribution in [3.05, 3.63) is 90.1 Å². The van der Waals surface area contributed by atoms with Crippen LogP contribution < -0.4 is 5.32 Å². The molecule has 1 fully saturated rings. The van der Waals surface area contributed by atoms with E-state index in [1.807, 2.05) is 23.4 Å². The number of amides is 1. The number of pyridine rings is 1. The Bertz CT molecular complexity index is 802. The van der Waals surface area contributed by atoms with Crippen molar-refractivity contribution < 1.29 is 9.21 Å². The Morgan fingerprint density at radius 3 is 2.41 bits per heavy atom. The summed E-state index contributed by atoms with van der Waals surface area (Å²) in [6.07, 6.45) is 8.58. The first-order valence-corrected chi connectivity index (χ1v) is 9.33. The molecule has 0 spiro atoms. The van der Waals surface area contributed by atoms with Crippen LogP contribution in [0.2, 0.25) is 0 Å². The van der Waals surface area contributed by atoms with Crippen molar-refractivity contribution in [2.45, 2.75) is 24.9 Å². The zero-order chi connectivity index (χ0) is 18.5. The summed E-state index contributed by atoms with van der Waals surface area (Å²) in [5.74, 6) is 0.0518. The maximum atomic E-state index is 12.5. The first kappa shape index (κ1) is 17.5. The summed E-state index contributed by atoms with van der Waals surface area (Å²) < 4.78 is 5.03. The maximum Gasteiger partial charge on any atom is 0.257 e. The van der Waals surface area contributed by atoms with Gasteiger partial charge >= 0.3 is 0 Å². The van der Waals surface area contributed by atoms with Crippen molar-refractivity contribution in [2.75, 3.05) is 13.1 Å². The average molecular weight is 361 g/mol. The highest BCUT2D eigenvalue weighted by atomic mass is 16.3. The molecular formula is C22H23N3O2. The zero-order valence-corrected chi connectivity index (χ0v) is 15.1. The predicted molar refractivity (Wildman–Crippen MR) is 103 cm³/mol. The van der Waals surface area contributed by atoms with Crippen LogP contribution in [0, 0.1) is 0 Å². The van der Waals surface area contributed by atoms with E-state index in [-0.39, 0.29) is 11.9 Å². The van der Waals surface area contributed by atoms with Crippen LogP contribution in [0.4, 0.5) is 0 Å². The summed E-state index contributed by atoms with van der Waals surface area (Å²) in [4.78, 5) is 18.5. The Hall–Kier alpha value is -2.92. The van der Waals surface area contributed by atoms with E-state index < -0.39 is 0 Å². The molecule has 0 aliphatic carbocycles. The van der Waals surface area contributed by atoms with Gasteiger partial charge in [-0.25, -0.2) is 0 Å². The number of carbonyl (C=O) groups is 1. The number of hydrogen-bond donors (Lipinski definition) is 1. The molecule has 0 radical (unpaired) electrons. The molecule has 1 atom stereocenters. The third-order valence-electron chi connectivity index (χ3n) is 5.13. The van der Waals surface area contributed by atoms with Gasteiger partial charge in [-0.15, -0.1) is 0 Å². The van der Waals surface area contributed by atoms with E-state index in [9.17, 15) is 4.79 Å². The normalized spacial score (nSPS) is 16.2. The largest absolute Gasteiger partial charge is 0.472 e. The lowest BCUT2D eigenvalue weighted by molar-refractivity contribution is 0.0702. The smallest absolute Gasteiger partial charge is 0.257 e. The molecule has 5 nitrogen and oxygen atoms in total. The summed E-state index contributed by atoms with van der Waals surface area (Å²) in [7, 11) is 0. The molecule has 1 saturated heterocycles. The van der Waals surface area contributed by atoms with Crippen molar-refractivity contribution in [1.29, 1.82) is 0 Å². The monoisotopic (exact) mass is 361 g/mol. The lowest BCUT2D eigenvalue weighted by atomic mass is 9.96. The number of carbonyl (C=O) groups excluding carboxylic acids is 1. The molecule has 1 aliphatic rings. The number of nitrogens with one attached hydrogen (secondary N) is 1. The number of furan rings is 1. The van der Waals surface area contributed by atoms with Gasteiger partial charge in [0.05, 0.1) is 17.9 Å². The summed E-state index contributed by atoms with van der Waals surface area (Å²) in [6.45, 7) is 1.50. The van der Waals surface area contributed by atoms with Gasteiger partial charge in [-0.05, 0) is 42.2 Å². The Balaban J connectivity index is 1.43. The molecule has 1 aromatic carbocycles. The molecule has 1 aliphatic heterocycles. The molecule has 4 rings (SSSR count). The number of rotatable bonds is 5. The second-order valence-corrected chi connectivity index (χ2v) is 6.87. The third-order valence-corrected chi connectivity index (χ3v) is 5.13. The van der Waals surface area contributed by atoms with E-state index in [1.54, 1.807) is 12.3 Å². The van der Waals surface area contributed by atoms with Crippen molar-refractivity contribution in [1.82, 2.24) is 15.2 Å². The highest BCUT2D eigenvalue weighted by molar-refractivity contribution is 5.93. The van der Waals surface area contributed by atoms with Crippen LogP contribution in [-0.2, 0) is 0 Å². The van der Waals surface area contributed by atoms with E-state index >= 15 is 0 Å². The van der Waals surface area contributed by atoms with Gasteiger partial charge < -0.3 is 14.6 Å². The molecule has 1 N–H and O–H groups in total. The maximum absolute atomic E-state index is 12.5. The molecule has 1 amide bonds. The molecule has 5 heteroatoms. The van der Waals surface area contributed by atoms with Crippen LogP contribution in [0.5, 0.6) is 0 Å². The molecule has 138 valence electrons. The number of benzene rings is 1. The third kappa shape index (κ3) is 4.09. The van der Waals surface area contributed by atoms with Crippen LogP contribution >= 0.6 is 0 Å². The minimum Gasteiger partial charge on any atom is -0.472 e. The first-order chi connectivity index (χ1) is 13.3. The van der Waals surface area contributed by atoms with Crippen LogP contribution in [0.25, 0.3) is 0 Å². The van der Waals surface area contributed by atoms with E-state index in [4.69, 9.17) is 4.42 Å². The predicted octanol–water partition coefficient (Wildman–Crippen LogP) is 3.66. The van der Waals surface area contributed by atoms with Gasteiger partial charge in [-0.2, -0.15) is 0 Å². The summed E-state index contributed by atoms with van der Waals surface area (Å²) >= 11 is 0. The van der Waals surface area contributed by atoms with Gasteiger partial charge in [-0.3, -0.25) is 9.78 Å². The fourth-order valence-corrected chi connectivity index (χ4v) is 3.64. The van der Waals surface area contributed by atoms with E-state index in [2.05, 4.69) is 46.7 Å². The Morgan fingerprint density at radius 1 is 1.04 bits per heavy atom. The van der Waals surface area contributed by atoms with Gasteiger partial charge in [0, 0.05) is 31.5 Å². The summed E-state index contributed by atoms with van der Waals surface area (Å²) in [6, 6.07) is 16.8. The lowest BCUT2D eigenvalue weighted by Crippen LogP contribution is -2.46. The molecule has 27 heavy (non-hydrogen) atoms. The highest BCUT2D eigenvalue weighted by Gasteiger charge is 2.26. The number of aromatic nitrogens is 1. The molecule has 0 saturated carbocycles. The second kappa shape index (κ2) is 8.18. The van der Waals surface area contributed by atoms with Gasteiger partial charge in [0.2, 0.25) is 0 Å². The molecule has 0 bridgehead atoms. The van der Waals surface area contributed by atoms with E-state index in [0.29, 0.717) is 11.6 Å². The fourth-order valence-electron chi connectivity index (χ4n) is 3.64. The Kier molecular flexibility index (Phi) is 5.30. The van der Waals surface area contributed by atoms with Crippen LogP contribution in [0.15, 0.2) is 77.9 Å². The van der Waals surface area contributed by atoms with Crippen molar-refractivity contribution in [3.63, 3.8) is 0 Å². The fraction of sp³-hybridized carbons (Fsp3) is 0.273. The van der Waals surface area contributed by atoms with Gasteiger partial charge in [0.25, 0.3) is 5.91 Å². The first-order valence-electron chi connectivity index (χ1n) is 9.33. The number of piperidine rings is 1. The number of nitrogens with zero attached hydrogens (tertiary/aromatic N) is 2. The molecule has 0 unspecified atom stereocenters. The molecule has 2 aromatic heterocycles. The SMILES string of the molecule is O=C(c1ccoc1)N1CCC(N[C@H](c2ccccc2)c2ccncc2)CC1. The van der Waals surface area contributed by atoms with Crippen molar-refractivity contribution >= 4 is 5.91 Å². The lowest BCUT2D eigenvalue weighted by Gasteiger charge is -2.34. The van der Waals surface area contributed by atoms with E-state index in [0.717, 1.165) is 25.9 Å². The topological polar surface area (TPSA) is 58.4 Å². The Morgan fingerprint density at radius 2 is 1.74 bits per heavy atom. The van der Waals surface area contributed by atoms with Gasteiger partial charge in [0.15, 0.2) is 0 Å². The highest BCUT2D eigenvalue weighted by Crippen LogP contribution is 2.24. The zero-order valence-electron chi connectivity index (χ0n) is 15.1. The number of likely N-dealkylation sites (tertiary alicyclic amines) is 1. The molecular weight excluding hydrogens is 338 g/mol. The minimum atomic E-state index is 0.0518. The summed E-state index contributed by atoms with van der Waals surface area (Å²) in [5, 5.41) is 3.80. The standard InChI is InChI=1S/C22H23N3O2/c26-22(19-10-15-27-16-19)25-13-8-20(9-14-25)24-21(17-4-2-1-3-5-17)18-6-11-23-12-7-18/h1-7,10-12,15-16,20-21,24H,8-9,13-14H2/t21-/m1/s1. The summed E-state index contributed by atoms with van der Waals surface area (Å²) in [5.41, 5.74) is 3.06. The van der Waals surface area contributed by atoms with Crippen LogP contribution in [0.1, 0.15) is 40.4 Å². The van der Waals surface area contributed by atoms with Crippen LogP contribution in [-0.4, -0.2) is 34.9 Å². The molecule has 3 aromatic rings. The van der Waals surface area contributed by atoms with Crippen LogP contribution in [0.3, 0.4) is 0 Å². The second-order valence-electron chi connectivity index (χ2n) is 6.87. The molecule has 3 heterocycles. The quantitative estimate of drug-likeness (QED) is 0.753. The van der Waals surface area contributed by atoms with Crippen molar-refractivity contribution in [3.8, 4) is 0 Å². The van der Waals surface area contributed by atoms with Crippen molar-refractivity contribution in [2.24, 2.45) is 0 Å².